The number of nitrogens with zero attached hydrogens (tertiary/aromatic N) is 1. The van der Waals surface area contributed by atoms with Crippen molar-refractivity contribution in [2.45, 2.75) is 52.1 Å². The van der Waals surface area contributed by atoms with E-state index < -0.39 is 0 Å². The normalized spacial score (nSPS) is 28.8. The molecule has 0 amide bonds. The first kappa shape index (κ1) is 16.3. The zero-order valence-electron chi connectivity index (χ0n) is 13.8. The second kappa shape index (κ2) is 6.80. The number of hydrogen-bond donors (Lipinski definition) is 2. The van der Waals surface area contributed by atoms with Crippen LogP contribution >= 0.6 is 0 Å². The Morgan fingerprint density at radius 3 is 2.67 bits per heavy atom. The summed E-state index contributed by atoms with van der Waals surface area (Å²) in [6.45, 7) is 11.1. The Balaban J connectivity index is 2.05. The van der Waals surface area contributed by atoms with E-state index in [1.165, 1.54) is 5.56 Å². The zero-order chi connectivity index (χ0) is 15.6. The molecular weight excluding hydrogens is 260 g/mol. The van der Waals surface area contributed by atoms with E-state index in [-0.39, 0.29) is 6.04 Å². The van der Waals surface area contributed by atoms with Crippen molar-refractivity contribution >= 4 is 0 Å². The lowest BCUT2D eigenvalue weighted by atomic mass is 9.77. The average Bonchev–Trinajstić information content (AvgIpc) is 2.44. The number of phenols is 1. The van der Waals surface area contributed by atoms with Crippen molar-refractivity contribution in [1.29, 1.82) is 0 Å². The summed E-state index contributed by atoms with van der Waals surface area (Å²) in [6.07, 6.45) is 1.14. The Morgan fingerprint density at radius 1 is 1.33 bits per heavy atom. The average molecular weight is 290 g/mol. The maximum Gasteiger partial charge on any atom is 0.115 e. The number of nitrogens with two attached hydrogens (primary N) is 1. The second-order valence-electron chi connectivity index (χ2n) is 6.99. The van der Waals surface area contributed by atoms with Gasteiger partial charge in [-0.1, -0.05) is 32.9 Å². The summed E-state index contributed by atoms with van der Waals surface area (Å²) in [5.41, 5.74) is 7.51. The molecule has 1 saturated heterocycles. The van der Waals surface area contributed by atoms with Crippen molar-refractivity contribution in [3.63, 3.8) is 0 Å². The molecule has 3 N–H and O–H groups in total. The minimum Gasteiger partial charge on any atom is -0.508 e. The summed E-state index contributed by atoms with van der Waals surface area (Å²) >= 11 is 0. The van der Waals surface area contributed by atoms with Crippen LogP contribution in [-0.2, 0) is 0 Å². The van der Waals surface area contributed by atoms with E-state index in [1.807, 2.05) is 12.1 Å². The Bertz CT molecular complexity index is 460. The molecule has 2 rings (SSSR count). The van der Waals surface area contributed by atoms with Gasteiger partial charge in [0.05, 0.1) is 0 Å². The molecule has 1 aliphatic heterocycles. The lowest BCUT2D eigenvalue weighted by molar-refractivity contribution is 0.0850. The summed E-state index contributed by atoms with van der Waals surface area (Å²) in [4.78, 5) is 2.54. The third kappa shape index (κ3) is 3.78. The zero-order valence-corrected chi connectivity index (χ0v) is 13.8. The van der Waals surface area contributed by atoms with Gasteiger partial charge in [0.15, 0.2) is 0 Å². The van der Waals surface area contributed by atoms with Crippen molar-refractivity contribution in [1.82, 2.24) is 4.90 Å². The number of rotatable bonds is 4. The van der Waals surface area contributed by atoms with Crippen LogP contribution in [0.1, 0.15) is 45.6 Å². The fourth-order valence-electron chi connectivity index (χ4n) is 3.40. The maximum atomic E-state index is 9.70. The van der Waals surface area contributed by atoms with Crippen LogP contribution < -0.4 is 5.73 Å². The molecule has 4 atom stereocenters. The molecule has 118 valence electrons. The first-order chi connectivity index (χ1) is 9.90. The highest BCUT2D eigenvalue weighted by atomic mass is 16.3. The molecule has 1 fully saturated rings. The first-order valence-electron chi connectivity index (χ1n) is 8.18. The molecule has 3 nitrogen and oxygen atoms in total. The molecule has 1 aromatic carbocycles. The molecular formula is C18H30N2O. The number of piperidine rings is 1. The van der Waals surface area contributed by atoms with E-state index >= 15 is 0 Å². The molecule has 1 aliphatic rings. The quantitative estimate of drug-likeness (QED) is 0.895. The fraction of sp³-hybridized carbons (Fsp3) is 0.667. The standard InChI is InChI=1S/C18H30N2O/c1-12(2)18(19)11-20-9-8-17(13(3)14(20)4)15-6-5-7-16(21)10-15/h5-7,10,12-14,17-18,21H,8-9,11,19H2,1-4H3/t13-,14?,17+,18+/m0/s1. The maximum absolute atomic E-state index is 9.70. The highest BCUT2D eigenvalue weighted by Crippen LogP contribution is 2.37. The predicted octanol–water partition coefficient (Wildman–Crippen LogP) is 3.19. The van der Waals surface area contributed by atoms with Crippen LogP contribution in [0, 0.1) is 11.8 Å². The number of phenolic OH excluding ortho intramolecular Hbond substituents is 1. The largest absolute Gasteiger partial charge is 0.508 e. The van der Waals surface area contributed by atoms with Gasteiger partial charge in [-0.25, -0.2) is 0 Å². The van der Waals surface area contributed by atoms with Gasteiger partial charge in [-0.15, -0.1) is 0 Å². The molecule has 21 heavy (non-hydrogen) atoms. The van der Waals surface area contributed by atoms with Crippen molar-refractivity contribution in [2.75, 3.05) is 13.1 Å². The summed E-state index contributed by atoms with van der Waals surface area (Å²) in [5.74, 6) is 1.99. The molecule has 0 spiro atoms. The highest BCUT2D eigenvalue weighted by Gasteiger charge is 2.34. The van der Waals surface area contributed by atoms with E-state index in [4.69, 9.17) is 5.73 Å². The minimum absolute atomic E-state index is 0.247. The minimum atomic E-state index is 0.247. The van der Waals surface area contributed by atoms with Gasteiger partial charge in [-0.2, -0.15) is 0 Å². The van der Waals surface area contributed by atoms with Gasteiger partial charge in [-0.05, 0) is 55.3 Å². The molecule has 0 saturated carbocycles. The van der Waals surface area contributed by atoms with E-state index in [0.717, 1.165) is 19.5 Å². The Hall–Kier alpha value is -1.06. The van der Waals surface area contributed by atoms with Gasteiger partial charge in [0.25, 0.3) is 0 Å². The molecule has 0 bridgehead atoms. The van der Waals surface area contributed by atoms with Crippen LogP contribution in [0.15, 0.2) is 24.3 Å². The summed E-state index contributed by atoms with van der Waals surface area (Å²) in [6, 6.07) is 8.53. The van der Waals surface area contributed by atoms with Crippen LogP contribution in [0.2, 0.25) is 0 Å². The van der Waals surface area contributed by atoms with Gasteiger partial charge in [-0.3, -0.25) is 4.90 Å². The van der Waals surface area contributed by atoms with Gasteiger partial charge in [0.1, 0.15) is 5.75 Å². The van der Waals surface area contributed by atoms with Crippen molar-refractivity contribution in [2.24, 2.45) is 17.6 Å². The van der Waals surface area contributed by atoms with E-state index in [2.05, 4.69) is 38.7 Å². The van der Waals surface area contributed by atoms with E-state index in [0.29, 0.717) is 29.5 Å². The van der Waals surface area contributed by atoms with Crippen LogP contribution in [0.5, 0.6) is 5.75 Å². The lowest BCUT2D eigenvalue weighted by Gasteiger charge is -2.44. The third-order valence-electron chi connectivity index (χ3n) is 5.30. The molecule has 1 unspecified atom stereocenters. The highest BCUT2D eigenvalue weighted by molar-refractivity contribution is 5.30. The number of likely N-dealkylation sites (tertiary alicyclic amines) is 1. The Morgan fingerprint density at radius 2 is 2.05 bits per heavy atom. The molecule has 0 aliphatic carbocycles. The van der Waals surface area contributed by atoms with Gasteiger partial charge in [0.2, 0.25) is 0 Å². The Labute approximate surface area is 129 Å². The van der Waals surface area contributed by atoms with Gasteiger partial charge < -0.3 is 10.8 Å². The summed E-state index contributed by atoms with van der Waals surface area (Å²) in [5, 5.41) is 9.70. The lowest BCUT2D eigenvalue weighted by Crippen LogP contribution is -2.51. The number of benzene rings is 1. The second-order valence-corrected chi connectivity index (χ2v) is 6.99. The predicted molar refractivity (Wildman–Crippen MR) is 88.5 cm³/mol. The number of hydrogen-bond acceptors (Lipinski definition) is 3. The Kier molecular flexibility index (Phi) is 5.28. The van der Waals surface area contributed by atoms with Gasteiger partial charge in [0, 0.05) is 18.6 Å². The van der Waals surface area contributed by atoms with Crippen molar-refractivity contribution in [3.8, 4) is 5.75 Å². The van der Waals surface area contributed by atoms with Crippen LogP contribution in [0.3, 0.4) is 0 Å². The molecule has 0 radical (unpaired) electrons. The summed E-state index contributed by atoms with van der Waals surface area (Å²) in [7, 11) is 0. The summed E-state index contributed by atoms with van der Waals surface area (Å²) < 4.78 is 0. The molecule has 1 heterocycles. The van der Waals surface area contributed by atoms with E-state index in [9.17, 15) is 5.11 Å². The van der Waals surface area contributed by atoms with Crippen LogP contribution in [0.4, 0.5) is 0 Å². The van der Waals surface area contributed by atoms with Gasteiger partial charge >= 0.3 is 0 Å². The molecule has 0 aromatic heterocycles. The SMILES string of the molecule is CC(C)[C@H](N)CN1CC[C@@H](c2cccc(O)c2)[C@@H](C)C1C. The van der Waals surface area contributed by atoms with Crippen molar-refractivity contribution < 1.29 is 5.11 Å². The topological polar surface area (TPSA) is 49.5 Å². The third-order valence-corrected chi connectivity index (χ3v) is 5.30. The van der Waals surface area contributed by atoms with E-state index in [1.54, 1.807) is 6.07 Å². The fourth-order valence-corrected chi connectivity index (χ4v) is 3.40. The molecule has 1 aromatic rings. The molecule has 3 heteroatoms. The first-order valence-corrected chi connectivity index (χ1v) is 8.18. The smallest absolute Gasteiger partial charge is 0.115 e. The van der Waals surface area contributed by atoms with Crippen LogP contribution in [-0.4, -0.2) is 35.2 Å². The van der Waals surface area contributed by atoms with Crippen molar-refractivity contribution in [3.05, 3.63) is 29.8 Å². The monoisotopic (exact) mass is 290 g/mol. The van der Waals surface area contributed by atoms with Crippen LogP contribution in [0.25, 0.3) is 0 Å². The number of aromatic hydroxyl groups is 1.